The van der Waals surface area contributed by atoms with Crippen molar-refractivity contribution < 1.29 is 4.39 Å². The number of benzene rings is 1. The predicted molar refractivity (Wildman–Crippen MR) is 78.8 cm³/mol. The molecule has 0 radical (unpaired) electrons. The molecule has 0 saturated heterocycles. The van der Waals surface area contributed by atoms with Crippen molar-refractivity contribution in [1.29, 1.82) is 5.26 Å². The summed E-state index contributed by atoms with van der Waals surface area (Å²) in [5.41, 5.74) is 7.14. The lowest BCUT2D eigenvalue weighted by molar-refractivity contribution is 0.252. The Bertz CT molecular complexity index is 692. The van der Waals surface area contributed by atoms with Gasteiger partial charge in [0.25, 0.3) is 0 Å². The molecule has 21 heavy (non-hydrogen) atoms. The third kappa shape index (κ3) is 2.52. The van der Waals surface area contributed by atoms with Crippen molar-refractivity contribution in [2.75, 3.05) is 0 Å². The normalized spacial score (nSPS) is 23.9. The number of aromatic amines is 1. The van der Waals surface area contributed by atoms with Crippen LogP contribution in [0.3, 0.4) is 0 Å². The van der Waals surface area contributed by atoms with Crippen LogP contribution in [-0.2, 0) is 0 Å². The van der Waals surface area contributed by atoms with Crippen LogP contribution in [-0.4, -0.2) is 9.97 Å². The lowest BCUT2D eigenvalue weighted by Gasteiger charge is -2.29. The van der Waals surface area contributed by atoms with Crippen molar-refractivity contribution in [3.05, 3.63) is 29.3 Å². The van der Waals surface area contributed by atoms with Gasteiger partial charge in [0.05, 0.1) is 17.1 Å². The van der Waals surface area contributed by atoms with Gasteiger partial charge < -0.3 is 10.7 Å². The Kier molecular flexibility index (Phi) is 3.64. The van der Waals surface area contributed by atoms with Crippen LogP contribution in [0.25, 0.3) is 11.0 Å². The van der Waals surface area contributed by atoms with E-state index in [4.69, 9.17) is 11.0 Å². The molecule has 3 N–H and O–H groups in total. The molecule has 1 saturated carbocycles. The Balaban J connectivity index is 1.91. The average Bonchev–Trinajstić information content (AvgIpc) is 2.93. The van der Waals surface area contributed by atoms with Crippen molar-refractivity contribution in [2.24, 2.45) is 17.6 Å². The molecule has 3 rings (SSSR count). The van der Waals surface area contributed by atoms with Crippen molar-refractivity contribution in [2.45, 2.75) is 38.6 Å². The largest absolute Gasteiger partial charge is 0.341 e. The molecule has 0 spiro atoms. The number of H-pyrrole nitrogens is 1. The van der Waals surface area contributed by atoms with Gasteiger partial charge in [-0.25, -0.2) is 9.37 Å². The first kappa shape index (κ1) is 14.0. The fraction of sp³-hybridized carbons (Fsp3) is 0.500. The van der Waals surface area contributed by atoms with Gasteiger partial charge in [-0.2, -0.15) is 5.26 Å². The molecule has 1 aromatic carbocycles. The number of hydrogen-bond acceptors (Lipinski definition) is 3. The zero-order valence-electron chi connectivity index (χ0n) is 12.1. The maximum Gasteiger partial charge on any atom is 0.168 e. The number of fused-ring (bicyclic) bond motifs is 1. The van der Waals surface area contributed by atoms with Crippen LogP contribution in [0.1, 0.15) is 50.0 Å². The zero-order chi connectivity index (χ0) is 15.0. The van der Waals surface area contributed by atoms with E-state index < -0.39 is 5.82 Å². The topological polar surface area (TPSA) is 78.5 Å². The molecule has 0 aliphatic heterocycles. The molecule has 110 valence electrons. The molecule has 0 bridgehead atoms. The van der Waals surface area contributed by atoms with Gasteiger partial charge in [-0.1, -0.05) is 19.8 Å². The molecule has 2 aromatic rings. The van der Waals surface area contributed by atoms with Crippen molar-refractivity contribution >= 4 is 11.0 Å². The van der Waals surface area contributed by atoms with E-state index in [1.807, 2.05) is 6.07 Å². The summed E-state index contributed by atoms with van der Waals surface area (Å²) >= 11 is 0. The lowest BCUT2D eigenvalue weighted by Crippen LogP contribution is -2.26. The molecular weight excluding hydrogens is 267 g/mol. The second-order valence-electron chi connectivity index (χ2n) is 6.10. The molecule has 1 atom stereocenters. The first-order valence-corrected chi connectivity index (χ1v) is 7.44. The summed E-state index contributed by atoms with van der Waals surface area (Å²) in [6.07, 6.45) is 4.55. The Hall–Kier alpha value is -1.93. The van der Waals surface area contributed by atoms with Gasteiger partial charge >= 0.3 is 0 Å². The number of aromatic nitrogens is 2. The first-order chi connectivity index (χ1) is 10.1. The quantitative estimate of drug-likeness (QED) is 0.888. The summed E-state index contributed by atoms with van der Waals surface area (Å²) in [5.74, 6) is 1.21. The zero-order valence-corrected chi connectivity index (χ0v) is 12.1. The minimum atomic E-state index is -0.568. The van der Waals surface area contributed by atoms with E-state index in [-0.39, 0.29) is 17.1 Å². The van der Waals surface area contributed by atoms with Gasteiger partial charge in [0.2, 0.25) is 0 Å². The third-order valence-electron chi connectivity index (χ3n) is 4.62. The number of nitrogens with two attached hydrogens (primary N) is 1. The van der Waals surface area contributed by atoms with Crippen LogP contribution in [0, 0.1) is 29.0 Å². The second kappa shape index (κ2) is 5.45. The fourth-order valence-corrected chi connectivity index (χ4v) is 3.17. The van der Waals surface area contributed by atoms with Crippen LogP contribution < -0.4 is 5.73 Å². The predicted octanol–water partition coefficient (Wildman–Crippen LogP) is 3.40. The highest BCUT2D eigenvalue weighted by molar-refractivity contribution is 5.77. The van der Waals surface area contributed by atoms with Gasteiger partial charge in [-0.05, 0) is 36.8 Å². The van der Waals surface area contributed by atoms with Crippen molar-refractivity contribution in [1.82, 2.24) is 9.97 Å². The highest BCUT2D eigenvalue weighted by atomic mass is 19.1. The van der Waals surface area contributed by atoms with Gasteiger partial charge in [0.1, 0.15) is 17.4 Å². The molecule has 1 aliphatic carbocycles. The minimum Gasteiger partial charge on any atom is -0.341 e. The molecular formula is C16H19FN4. The van der Waals surface area contributed by atoms with Crippen LogP contribution in [0.15, 0.2) is 12.1 Å². The highest BCUT2D eigenvalue weighted by Crippen LogP contribution is 2.35. The van der Waals surface area contributed by atoms with Crippen molar-refractivity contribution in [3.63, 3.8) is 0 Å². The lowest BCUT2D eigenvalue weighted by atomic mass is 9.79. The van der Waals surface area contributed by atoms with E-state index in [2.05, 4.69) is 16.9 Å². The Morgan fingerprint density at radius 2 is 2.10 bits per heavy atom. The van der Waals surface area contributed by atoms with Crippen LogP contribution >= 0.6 is 0 Å². The standard InChI is InChI=1S/C16H19FN4/c1-9-2-4-10(5-3-9)14(19)16-20-12-7-6-11(8-18)13(17)15(12)21-16/h6-7,9-10,14H,2-5,19H2,1H3,(H,20,21). The van der Waals surface area contributed by atoms with Gasteiger partial charge in [-0.3, -0.25) is 0 Å². The Morgan fingerprint density at radius 1 is 1.38 bits per heavy atom. The van der Waals surface area contributed by atoms with Crippen LogP contribution in [0.4, 0.5) is 4.39 Å². The van der Waals surface area contributed by atoms with Crippen molar-refractivity contribution in [3.8, 4) is 6.07 Å². The molecule has 1 fully saturated rings. The first-order valence-electron chi connectivity index (χ1n) is 7.44. The van der Waals surface area contributed by atoms with Gasteiger partial charge in [0, 0.05) is 0 Å². The maximum atomic E-state index is 14.1. The van der Waals surface area contributed by atoms with Gasteiger partial charge in [0.15, 0.2) is 5.82 Å². The van der Waals surface area contributed by atoms with Crippen LogP contribution in [0.2, 0.25) is 0 Å². The summed E-state index contributed by atoms with van der Waals surface area (Å²) in [5, 5.41) is 8.87. The third-order valence-corrected chi connectivity index (χ3v) is 4.62. The van der Waals surface area contributed by atoms with E-state index in [9.17, 15) is 4.39 Å². The number of nitrogens with one attached hydrogen (secondary N) is 1. The number of nitriles is 1. The molecule has 0 amide bonds. The molecule has 5 heteroatoms. The summed E-state index contributed by atoms with van der Waals surface area (Å²) < 4.78 is 14.1. The average molecular weight is 286 g/mol. The second-order valence-corrected chi connectivity index (χ2v) is 6.10. The highest BCUT2D eigenvalue weighted by Gasteiger charge is 2.27. The van der Waals surface area contributed by atoms with Crippen LogP contribution in [0.5, 0.6) is 0 Å². The Morgan fingerprint density at radius 3 is 2.76 bits per heavy atom. The minimum absolute atomic E-state index is 0.0145. The van der Waals surface area contributed by atoms with E-state index >= 15 is 0 Å². The number of halogens is 1. The molecule has 1 aliphatic rings. The molecule has 1 heterocycles. The summed E-state index contributed by atoms with van der Waals surface area (Å²) in [4.78, 5) is 7.42. The SMILES string of the molecule is CC1CCC(C(N)c2nc3c(F)c(C#N)ccc3[nH]2)CC1. The number of hydrogen-bond donors (Lipinski definition) is 2. The van der Waals surface area contributed by atoms with E-state index in [0.717, 1.165) is 18.8 Å². The molecule has 1 unspecified atom stereocenters. The maximum absolute atomic E-state index is 14.1. The summed E-state index contributed by atoms with van der Waals surface area (Å²) in [6, 6.07) is 4.78. The monoisotopic (exact) mass is 286 g/mol. The summed E-state index contributed by atoms with van der Waals surface area (Å²) in [6.45, 7) is 2.27. The van der Waals surface area contributed by atoms with Gasteiger partial charge in [-0.15, -0.1) is 0 Å². The number of rotatable bonds is 2. The smallest absolute Gasteiger partial charge is 0.168 e. The van der Waals surface area contributed by atoms with E-state index in [0.29, 0.717) is 17.3 Å². The molecule has 1 aromatic heterocycles. The molecule has 4 nitrogen and oxygen atoms in total. The fourth-order valence-electron chi connectivity index (χ4n) is 3.17. The number of imidazole rings is 1. The van der Waals surface area contributed by atoms with E-state index in [1.54, 1.807) is 6.07 Å². The number of nitrogens with zero attached hydrogens (tertiary/aromatic N) is 2. The Labute approximate surface area is 123 Å². The van der Waals surface area contributed by atoms with E-state index in [1.165, 1.54) is 18.9 Å². The summed E-state index contributed by atoms with van der Waals surface area (Å²) in [7, 11) is 0.